The van der Waals surface area contributed by atoms with Gasteiger partial charge < -0.3 is 23.7 Å². The largest absolute Gasteiger partial charge is 0.497 e. The van der Waals surface area contributed by atoms with Gasteiger partial charge in [-0.3, -0.25) is 0 Å². The van der Waals surface area contributed by atoms with Crippen LogP contribution in [-0.4, -0.2) is 28.4 Å². The van der Waals surface area contributed by atoms with Crippen LogP contribution in [0.5, 0.6) is 28.7 Å². The summed E-state index contributed by atoms with van der Waals surface area (Å²) in [7, 11) is 6.65. The van der Waals surface area contributed by atoms with Gasteiger partial charge in [0.2, 0.25) is 0 Å². The van der Waals surface area contributed by atoms with E-state index in [-0.39, 0.29) is 5.41 Å². The lowest BCUT2D eigenvalue weighted by molar-refractivity contribution is 0.163. The van der Waals surface area contributed by atoms with Gasteiger partial charge in [-0.2, -0.15) is 5.26 Å². The fraction of sp³-hybridized carbons (Fsp3) is 0.244. The lowest BCUT2D eigenvalue weighted by Crippen LogP contribution is -2.35. The molecule has 2 aliphatic rings. The lowest BCUT2D eigenvalue weighted by atomic mass is 9.71. The van der Waals surface area contributed by atoms with Gasteiger partial charge in [0.15, 0.2) is 17.1 Å². The molecule has 236 valence electrons. The third kappa shape index (κ3) is 4.30. The Morgan fingerprint density at radius 3 is 1.79 bits per heavy atom. The first-order chi connectivity index (χ1) is 22.9. The molecule has 1 aliphatic carbocycles. The second kappa shape index (κ2) is 11.4. The number of nitriles is 1. The number of ether oxygens (including phenoxy) is 5. The van der Waals surface area contributed by atoms with Crippen LogP contribution in [0.25, 0.3) is 28.0 Å². The normalized spacial score (nSPS) is 14.7. The van der Waals surface area contributed by atoms with E-state index in [1.165, 1.54) is 11.1 Å². The van der Waals surface area contributed by atoms with E-state index < -0.39 is 5.60 Å². The Labute approximate surface area is 275 Å². The molecule has 6 heteroatoms. The van der Waals surface area contributed by atoms with Crippen LogP contribution < -0.4 is 23.7 Å². The summed E-state index contributed by atoms with van der Waals surface area (Å²) in [5, 5.41) is 11.8. The molecule has 7 rings (SSSR count). The van der Waals surface area contributed by atoms with Gasteiger partial charge in [0.05, 0.1) is 40.1 Å². The summed E-state index contributed by atoms with van der Waals surface area (Å²) in [5.41, 5.74) is 7.01. The number of benzene rings is 5. The van der Waals surface area contributed by atoms with Crippen LogP contribution >= 0.6 is 0 Å². The first kappa shape index (κ1) is 30.3. The minimum atomic E-state index is -0.958. The number of nitrogens with zero attached hydrogens (tertiary/aromatic N) is 1. The summed E-state index contributed by atoms with van der Waals surface area (Å²) in [6.07, 6.45) is 6.13. The van der Waals surface area contributed by atoms with Gasteiger partial charge in [0.25, 0.3) is 0 Å². The van der Waals surface area contributed by atoms with Crippen molar-refractivity contribution in [3.05, 3.63) is 118 Å². The fourth-order valence-electron chi connectivity index (χ4n) is 7.74. The van der Waals surface area contributed by atoms with Crippen molar-refractivity contribution < 1.29 is 23.7 Å². The molecule has 0 spiro atoms. The summed E-state index contributed by atoms with van der Waals surface area (Å²) in [6.45, 7) is 4.47. The van der Waals surface area contributed by atoms with Crippen LogP contribution in [-0.2, 0) is 11.0 Å². The van der Waals surface area contributed by atoms with E-state index in [0.29, 0.717) is 17.1 Å². The molecule has 0 bridgehead atoms. The minimum absolute atomic E-state index is 0.323. The van der Waals surface area contributed by atoms with Crippen LogP contribution in [0.3, 0.4) is 0 Å². The summed E-state index contributed by atoms with van der Waals surface area (Å²) in [5.74, 6) is 3.57. The number of methoxy groups -OCH3 is 4. The average molecular weight is 624 g/mol. The Morgan fingerprint density at radius 1 is 0.702 bits per heavy atom. The molecule has 0 aromatic heterocycles. The molecule has 0 fully saturated rings. The van der Waals surface area contributed by atoms with Crippen LogP contribution in [0.2, 0.25) is 0 Å². The molecule has 0 amide bonds. The van der Waals surface area contributed by atoms with Crippen molar-refractivity contribution in [1.82, 2.24) is 0 Å². The van der Waals surface area contributed by atoms with E-state index in [1.54, 1.807) is 28.4 Å². The second-order valence-electron chi connectivity index (χ2n) is 12.0. The molecular weight excluding hydrogens is 586 g/mol. The summed E-state index contributed by atoms with van der Waals surface area (Å²) >= 11 is 0. The lowest BCUT2D eigenvalue weighted by Gasteiger charge is -2.39. The van der Waals surface area contributed by atoms with Crippen molar-refractivity contribution in [3.8, 4) is 45.9 Å². The highest BCUT2D eigenvalue weighted by atomic mass is 16.5. The molecule has 0 atom stereocenters. The van der Waals surface area contributed by atoms with Gasteiger partial charge in [-0.15, -0.1) is 0 Å². The molecule has 0 saturated heterocycles. The molecule has 1 aliphatic heterocycles. The van der Waals surface area contributed by atoms with Crippen molar-refractivity contribution in [2.75, 3.05) is 28.4 Å². The first-order valence-electron chi connectivity index (χ1n) is 15.9. The third-order valence-electron chi connectivity index (χ3n) is 10.2. The van der Waals surface area contributed by atoms with Gasteiger partial charge in [-0.05, 0) is 95.1 Å². The third-order valence-corrected chi connectivity index (χ3v) is 10.2. The van der Waals surface area contributed by atoms with E-state index in [9.17, 15) is 5.26 Å². The molecule has 1 heterocycles. The van der Waals surface area contributed by atoms with Crippen LogP contribution in [0.1, 0.15) is 60.1 Å². The molecule has 6 nitrogen and oxygen atoms in total. The number of rotatable bonds is 8. The van der Waals surface area contributed by atoms with E-state index in [4.69, 9.17) is 23.7 Å². The van der Waals surface area contributed by atoms with Crippen molar-refractivity contribution >= 4 is 16.8 Å². The Kier molecular flexibility index (Phi) is 7.36. The zero-order valence-electron chi connectivity index (χ0n) is 27.6. The zero-order valence-corrected chi connectivity index (χ0v) is 27.6. The monoisotopic (exact) mass is 623 g/mol. The van der Waals surface area contributed by atoms with E-state index in [2.05, 4.69) is 74.5 Å². The highest BCUT2D eigenvalue weighted by Crippen LogP contribution is 2.61. The maximum Gasteiger partial charge on any atom is 0.178 e. The van der Waals surface area contributed by atoms with Gasteiger partial charge in [-0.1, -0.05) is 50.3 Å². The minimum Gasteiger partial charge on any atom is -0.497 e. The first-order valence-corrected chi connectivity index (χ1v) is 15.9. The standard InChI is InChI=1S/C41H37NO5/c1-7-40(8-2)34-21-25(24-42)9-18-30(34)37-32-22-35(45-5)36(46-6)23-33(32)39-31(38(37)40)19-20-41(47-39,26-10-14-28(43-3)15-11-26)27-12-16-29(44-4)17-13-27/h9-23H,7-8H2,1-6H3. The maximum absolute atomic E-state index is 9.90. The average Bonchev–Trinajstić information content (AvgIpc) is 3.44. The number of fused-ring (bicyclic) bond motifs is 8. The quantitative estimate of drug-likeness (QED) is 0.172. The Balaban J connectivity index is 1.60. The summed E-state index contributed by atoms with van der Waals surface area (Å²) in [4.78, 5) is 0. The van der Waals surface area contributed by atoms with Crippen molar-refractivity contribution in [1.29, 1.82) is 5.26 Å². The predicted octanol–water partition coefficient (Wildman–Crippen LogP) is 9.18. The van der Waals surface area contributed by atoms with Gasteiger partial charge in [-0.25, -0.2) is 0 Å². The topological polar surface area (TPSA) is 69.9 Å². The highest BCUT2D eigenvalue weighted by molar-refractivity contribution is 6.09. The predicted molar refractivity (Wildman–Crippen MR) is 185 cm³/mol. The smallest absolute Gasteiger partial charge is 0.178 e. The molecular formula is C41H37NO5. The van der Waals surface area contributed by atoms with Crippen molar-refractivity contribution in [2.24, 2.45) is 0 Å². The second-order valence-corrected chi connectivity index (χ2v) is 12.0. The highest BCUT2D eigenvalue weighted by Gasteiger charge is 2.47. The zero-order chi connectivity index (χ0) is 32.9. The fourth-order valence-corrected chi connectivity index (χ4v) is 7.74. The Morgan fingerprint density at radius 2 is 1.28 bits per heavy atom. The summed E-state index contributed by atoms with van der Waals surface area (Å²) < 4.78 is 30.2. The molecule has 0 N–H and O–H groups in total. The summed E-state index contributed by atoms with van der Waals surface area (Å²) in [6, 6.07) is 28.6. The maximum atomic E-state index is 9.90. The molecule has 0 saturated carbocycles. The van der Waals surface area contributed by atoms with E-state index in [0.717, 1.165) is 68.7 Å². The van der Waals surface area contributed by atoms with Crippen molar-refractivity contribution in [2.45, 2.75) is 37.7 Å². The van der Waals surface area contributed by atoms with Gasteiger partial charge in [0, 0.05) is 27.5 Å². The van der Waals surface area contributed by atoms with E-state index in [1.807, 2.05) is 36.4 Å². The van der Waals surface area contributed by atoms with Crippen molar-refractivity contribution in [3.63, 3.8) is 0 Å². The molecule has 0 radical (unpaired) electrons. The molecule has 47 heavy (non-hydrogen) atoms. The molecule has 5 aromatic rings. The van der Waals surface area contributed by atoms with E-state index >= 15 is 0 Å². The molecule has 0 unspecified atom stereocenters. The van der Waals surface area contributed by atoms with Gasteiger partial charge in [0.1, 0.15) is 17.2 Å². The Bertz CT molecular complexity index is 2040. The Hall–Kier alpha value is -5.41. The van der Waals surface area contributed by atoms with Crippen LogP contribution in [0.4, 0.5) is 0 Å². The number of hydrogen-bond acceptors (Lipinski definition) is 6. The molecule has 5 aromatic carbocycles. The SMILES string of the molecule is CCC1(CC)c2cc(C#N)ccc2-c2c1c1c(c3cc(OC)c(OC)cc23)OC(c2ccc(OC)cc2)(c2ccc(OC)cc2)C=C1. The van der Waals surface area contributed by atoms with Crippen LogP contribution in [0, 0.1) is 11.3 Å². The number of hydrogen-bond donors (Lipinski definition) is 0. The van der Waals surface area contributed by atoms with Crippen LogP contribution in [0.15, 0.2) is 84.9 Å². The van der Waals surface area contributed by atoms with Gasteiger partial charge >= 0.3 is 0 Å².